The molecule has 0 atom stereocenters. The van der Waals surface area contributed by atoms with Crippen LogP contribution in [0, 0.1) is 6.92 Å². The van der Waals surface area contributed by atoms with Gasteiger partial charge < -0.3 is 5.32 Å². The standard InChI is InChI=1S/C24H21N3O2/c1-15(2)11-22(28)26-18-5-4-6-19(13-18)27-23(29)10-8-17-14-25-21-9-7-16(3)12-20(21)24(17)27/h4-14H,1-3H3,(H,26,28). The summed E-state index contributed by atoms with van der Waals surface area (Å²) in [6.45, 7) is 5.75. The molecule has 0 radical (unpaired) electrons. The van der Waals surface area contributed by atoms with Crippen LogP contribution in [-0.4, -0.2) is 15.5 Å². The summed E-state index contributed by atoms with van der Waals surface area (Å²) in [5.41, 5.74) is 4.82. The van der Waals surface area contributed by atoms with Gasteiger partial charge in [0.2, 0.25) is 5.91 Å². The van der Waals surface area contributed by atoms with E-state index in [1.165, 1.54) is 0 Å². The summed E-state index contributed by atoms with van der Waals surface area (Å²) in [5.74, 6) is -0.197. The van der Waals surface area contributed by atoms with Crippen molar-refractivity contribution in [1.29, 1.82) is 0 Å². The van der Waals surface area contributed by atoms with Crippen molar-refractivity contribution >= 4 is 33.4 Å². The second-order valence-corrected chi connectivity index (χ2v) is 7.35. The molecule has 2 heterocycles. The summed E-state index contributed by atoms with van der Waals surface area (Å²) < 4.78 is 1.68. The van der Waals surface area contributed by atoms with Gasteiger partial charge in [0.1, 0.15) is 0 Å². The molecule has 0 fully saturated rings. The fourth-order valence-corrected chi connectivity index (χ4v) is 3.44. The Morgan fingerprint density at radius 2 is 1.90 bits per heavy atom. The summed E-state index contributed by atoms with van der Waals surface area (Å²) in [7, 11) is 0. The number of aryl methyl sites for hydroxylation is 1. The first-order chi connectivity index (χ1) is 13.9. The van der Waals surface area contributed by atoms with Gasteiger partial charge in [0.05, 0.1) is 16.7 Å². The molecule has 0 aliphatic rings. The summed E-state index contributed by atoms with van der Waals surface area (Å²) in [5, 5.41) is 4.65. The van der Waals surface area contributed by atoms with E-state index in [0.29, 0.717) is 11.4 Å². The van der Waals surface area contributed by atoms with Crippen LogP contribution in [0.5, 0.6) is 0 Å². The van der Waals surface area contributed by atoms with Gasteiger partial charge in [-0.05, 0) is 57.2 Å². The van der Waals surface area contributed by atoms with Crippen molar-refractivity contribution in [2.24, 2.45) is 0 Å². The molecule has 0 saturated heterocycles. The Balaban J connectivity index is 1.95. The highest BCUT2D eigenvalue weighted by Crippen LogP contribution is 2.26. The van der Waals surface area contributed by atoms with Crippen molar-refractivity contribution in [3.05, 3.63) is 88.4 Å². The molecule has 0 aliphatic carbocycles. The molecule has 0 aliphatic heterocycles. The monoisotopic (exact) mass is 383 g/mol. The van der Waals surface area contributed by atoms with Crippen LogP contribution in [0.15, 0.2) is 77.2 Å². The van der Waals surface area contributed by atoms with E-state index in [4.69, 9.17) is 0 Å². The Bertz CT molecular complexity index is 1350. The molecule has 0 unspecified atom stereocenters. The lowest BCUT2D eigenvalue weighted by Crippen LogP contribution is -2.18. The van der Waals surface area contributed by atoms with Gasteiger partial charge in [-0.3, -0.25) is 19.1 Å². The van der Waals surface area contributed by atoms with E-state index < -0.39 is 0 Å². The van der Waals surface area contributed by atoms with Crippen LogP contribution in [0.3, 0.4) is 0 Å². The van der Waals surface area contributed by atoms with Crippen molar-refractivity contribution in [2.45, 2.75) is 20.8 Å². The lowest BCUT2D eigenvalue weighted by Gasteiger charge is -2.14. The van der Waals surface area contributed by atoms with Crippen LogP contribution in [0.4, 0.5) is 5.69 Å². The molecule has 29 heavy (non-hydrogen) atoms. The van der Waals surface area contributed by atoms with E-state index in [1.807, 2.05) is 51.1 Å². The van der Waals surface area contributed by atoms with Gasteiger partial charge in [0.15, 0.2) is 0 Å². The molecular formula is C24H21N3O2. The largest absolute Gasteiger partial charge is 0.322 e. The molecule has 1 amide bonds. The lowest BCUT2D eigenvalue weighted by molar-refractivity contribution is -0.111. The van der Waals surface area contributed by atoms with E-state index >= 15 is 0 Å². The van der Waals surface area contributed by atoms with Crippen LogP contribution in [0.1, 0.15) is 19.4 Å². The molecule has 0 saturated carbocycles. The van der Waals surface area contributed by atoms with Crippen LogP contribution in [0.2, 0.25) is 0 Å². The van der Waals surface area contributed by atoms with Crippen LogP contribution >= 0.6 is 0 Å². The van der Waals surface area contributed by atoms with Crippen molar-refractivity contribution in [1.82, 2.24) is 9.55 Å². The zero-order valence-electron chi connectivity index (χ0n) is 16.6. The van der Waals surface area contributed by atoms with E-state index in [0.717, 1.165) is 32.9 Å². The zero-order chi connectivity index (χ0) is 20.5. The average molecular weight is 383 g/mol. The average Bonchev–Trinajstić information content (AvgIpc) is 2.67. The smallest absolute Gasteiger partial charge is 0.255 e. The molecule has 1 N–H and O–H groups in total. The number of nitrogens with zero attached hydrogens (tertiary/aromatic N) is 2. The van der Waals surface area contributed by atoms with Crippen LogP contribution in [0.25, 0.3) is 27.5 Å². The van der Waals surface area contributed by atoms with Gasteiger partial charge in [-0.15, -0.1) is 0 Å². The van der Waals surface area contributed by atoms with Crippen LogP contribution < -0.4 is 10.9 Å². The quantitative estimate of drug-likeness (QED) is 0.410. The summed E-state index contributed by atoms with van der Waals surface area (Å²) in [4.78, 5) is 29.5. The van der Waals surface area contributed by atoms with Crippen LogP contribution in [-0.2, 0) is 4.79 Å². The molecule has 4 rings (SSSR count). The summed E-state index contributed by atoms with van der Waals surface area (Å²) in [6, 6.07) is 16.6. The van der Waals surface area contributed by atoms with E-state index in [-0.39, 0.29) is 11.5 Å². The Morgan fingerprint density at radius 1 is 1.07 bits per heavy atom. The molecule has 0 bridgehead atoms. The number of pyridine rings is 2. The molecular weight excluding hydrogens is 362 g/mol. The predicted molar refractivity (Wildman–Crippen MR) is 118 cm³/mol. The second kappa shape index (κ2) is 7.36. The Kier molecular flexibility index (Phi) is 4.72. The van der Waals surface area contributed by atoms with E-state index in [2.05, 4.69) is 10.3 Å². The van der Waals surface area contributed by atoms with Crippen molar-refractivity contribution in [2.75, 3.05) is 5.32 Å². The number of hydrogen-bond acceptors (Lipinski definition) is 3. The van der Waals surface area contributed by atoms with E-state index in [1.54, 1.807) is 41.1 Å². The molecule has 5 nitrogen and oxygen atoms in total. The number of anilines is 1. The Morgan fingerprint density at radius 3 is 2.69 bits per heavy atom. The highest BCUT2D eigenvalue weighted by atomic mass is 16.1. The predicted octanol–water partition coefficient (Wildman–Crippen LogP) is 4.75. The maximum atomic E-state index is 12.9. The molecule has 5 heteroatoms. The fourth-order valence-electron chi connectivity index (χ4n) is 3.44. The third-order valence-electron chi connectivity index (χ3n) is 4.66. The highest BCUT2D eigenvalue weighted by Gasteiger charge is 2.11. The first kappa shape index (κ1) is 18.6. The number of carbonyl (C=O) groups excluding carboxylic acids is 1. The number of nitrogens with one attached hydrogen (secondary N) is 1. The first-order valence-electron chi connectivity index (χ1n) is 9.40. The van der Waals surface area contributed by atoms with Gasteiger partial charge >= 0.3 is 0 Å². The molecule has 144 valence electrons. The minimum Gasteiger partial charge on any atom is -0.322 e. The van der Waals surface area contributed by atoms with Gasteiger partial charge in [0.25, 0.3) is 5.56 Å². The molecule has 2 aromatic carbocycles. The van der Waals surface area contributed by atoms with Crippen molar-refractivity contribution in [3.63, 3.8) is 0 Å². The van der Waals surface area contributed by atoms with Gasteiger partial charge in [-0.25, -0.2) is 0 Å². The maximum absolute atomic E-state index is 12.9. The highest BCUT2D eigenvalue weighted by molar-refractivity contribution is 6.04. The molecule has 2 aromatic heterocycles. The number of fused-ring (bicyclic) bond motifs is 3. The minimum atomic E-state index is -0.197. The minimum absolute atomic E-state index is 0.140. The Hall–Kier alpha value is -3.73. The Labute approximate surface area is 168 Å². The summed E-state index contributed by atoms with van der Waals surface area (Å²) in [6.07, 6.45) is 3.32. The first-order valence-corrected chi connectivity index (χ1v) is 9.40. The summed E-state index contributed by atoms with van der Waals surface area (Å²) >= 11 is 0. The zero-order valence-corrected chi connectivity index (χ0v) is 16.6. The normalized spacial score (nSPS) is 10.9. The second-order valence-electron chi connectivity index (χ2n) is 7.35. The van der Waals surface area contributed by atoms with E-state index in [9.17, 15) is 9.59 Å². The lowest BCUT2D eigenvalue weighted by atomic mass is 10.1. The maximum Gasteiger partial charge on any atom is 0.255 e. The topological polar surface area (TPSA) is 64.0 Å². The third-order valence-corrected chi connectivity index (χ3v) is 4.66. The number of aromatic nitrogens is 2. The number of carbonyl (C=O) groups is 1. The van der Waals surface area contributed by atoms with Gasteiger partial charge in [-0.2, -0.15) is 0 Å². The number of rotatable bonds is 3. The third kappa shape index (κ3) is 3.67. The van der Waals surface area contributed by atoms with Crippen molar-refractivity contribution < 1.29 is 4.79 Å². The number of amides is 1. The fraction of sp³-hybridized carbons (Fsp3) is 0.125. The van der Waals surface area contributed by atoms with Crippen molar-refractivity contribution in [3.8, 4) is 5.69 Å². The number of benzene rings is 2. The molecule has 0 spiro atoms. The van der Waals surface area contributed by atoms with Gasteiger partial charge in [-0.1, -0.05) is 23.3 Å². The number of hydrogen-bond donors (Lipinski definition) is 1. The van der Waals surface area contributed by atoms with Gasteiger partial charge in [0, 0.05) is 34.8 Å². The SMILES string of the molecule is CC(C)=CC(=O)Nc1cccc(-n2c(=O)ccc3cnc4ccc(C)cc4c32)c1. The number of allylic oxidation sites excluding steroid dienone is 1. The molecule has 4 aromatic rings.